The number of nitrogens with one attached hydrogen (secondary N) is 1. The lowest BCUT2D eigenvalue weighted by molar-refractivity contribution is 0.0672. The minimum absolute atomic E-state index is 0.126. The Labute approximate surface area is 168 Å². The number of benzene rings is 2. The van der Waals surface area contributed by atoms with Crippen molar-refractivity contribution in [3.63, 3.8) is 0 Å². The summed E-state index contributed by atoms with van der Waals surface area (Å²) in [7, 11) is 3.12. The number of carbonyl (C=O) groups excluding carboxylic acids is 3. The van der Waals surface area contributed by atoms with Crippen molar-refractivity contribution in [2.24, 2.45) is 0 Å². The van der Waals surface area contributed by atoms with Crippen LogP contribution in [0.1, 0.15) is 49.6 Å². The molecule has 7 heteroatoms. The van der Waals surface area contributed by atoms with Crippen LogP contribution in [0.3, 0.4) is 0 Å². The summed E-state index contributed by atoms with van der Waals surface area (Å²) in [5, 5.41) is 2.89. The molecule has 3 rings (SSSR count). The highest BCUT2D eigenvalue weighted by Gasteiger charge is 2.35. The first kappa shape index (κ1) is 20.1. The van der Waals surface area contributed by atoms with Crippen LogP contribution in [0.4, 0.5) is 0 Å². The number of hydrogen-bond donors (Lipinski definition) is 1. The number of ether oxygens (including phenoxy) is 2. The van der Waals surface area contributed by atoms with Gasteiger partial charge in [-0.3, -0.25) is 19.3 Å². The maximum Gasteiger partial charge on any atom is 0.261 e. The zero-order valence-electron chi connectivity index (χ0n) is 16.5. The highest BCUT2D eigenvalue weighted by atomic mass is 16.5. The van der Waals surface area contributed by atoms with Crippen LogP contribution in [0.25, 0.3) is 0 Å². The minimum Gasteiger partial charge on any atom is -0.497 e. The van der Waals surface area contributed by atoms with Gasteiger partial charge in [0.2, 0.25) is 0 Å². The monoisotopic (exact) mass is 394 g/mol. The summed E-state index contributed by atoms with van der Waals surface area (Å²) in [6.45, 7) is 5.51. The van der Waals surface area contributed by atoms with Gasteiger partial charge in [-0.1, -0.05) is 6.08 Å². The van der Waals surface area contributed by atoms with E-state index in [4.69, 9.17) is 9.47 Å². The summed E-state index contributed by atoms with van der Waals surface area (Å²) in [6.07, 6.45) is 1.48. The lowest BCUT2D eigenvalue weighted by Crippen LogP contribution is -2.29. The molecule has 0 radical (unpaired) electrons. The molecule has 0 aliphatic carbocycles. The molecule has 7 nitrogen and oxygen atoms in total. The molecule has 1 N–H and O–H groups in total. The van der Waals surface area contributed by atoms with Gasteiger partial charge >= 0.3 is 0 Å². The molecule has 0 spiro atoms. The van der Waals surface area contributed by atoms with Gasteiger partial charge in [0.05, 0.1) is 31.4 Å². The Morgan fingerprint density at radius 1 is 1.10 bits per heavy atom. The van der Waals surface area contributed by atoms with Gasteiger partial charge in [-0.2, -0.15) is 0 Å². The highest BCUT2D eigenvalue weighted by molar-refractivity contribution is 6.22. The van der Waals surface area contributed by atoms with Crippen LogP contribution >= 0.6 is 0 Å². The Morgan fingerprint density at radius 3 is 2.48 bits per heavy atom. The Morgan fingerprint density at radius 2 is 1.83 bits per heavy atom. The molecule has 3 amide bonds. The van der Waals surface area contributed by atoms with Crippen LogP contribution in [-0.2, 0) is 0 Å². The average Bonchev–Trinajstić information content (AvgIpc) is 2.97. The van der Waals surface area contributed by atoms with E-state index in [0.717, 1.165) is 10.5 Å². The number of amides is 3. The zero-order valence-corrected chi connectivity index (χ0v) is 16.5. The third kappa shape index (κ3) is 3.71. The quantitative estimate of drug-likeness (QED) is 0.576. The molecule has 2 aromatic rings. The molecular weight excluding hydrogens is 372 g/mol. The van der Waals surface area contributed by atoms with Gasteiger partial charge in [-0.15, -0.1) is 6.58 Å². The fourth-order valence-electron chi connectivity index (χ4n) is 3.26. The van der Waals surface area contributed by atoms with E-state index in [2.05, 4.69) is 11.9 Å². The summed E-state index contributed by atoms with van der Waals surface area (Å²) in [4.78, 5) is 38.6. The van der Waals surface area contributed by atoms with Crippen molar-refractivity contribution >= 4 is 17.7 Å². The summed E-state index contributed by atoms with van der Waals surface area (Å²) >= 11 is 0. The standard InChI is InChI=1S/C22H22N2O5/c1-5-10-24-21(26)16-8-6-14(11-18(16)22(24)27)20(25)23-13(2)17-12-15(28-3)7-9-19(17)29-4/h5-9,11-13H,1,10H2,2-4H3,(H,23,25)/t13-/m1/s1. The van der Waals surface area contributed by atoms with Crippen molar-refractivity contribution in [3.05, 3.63) is 71.3 Å². The number of hydrogen-bond acceptors (Lipinski definition) is 5. The number of rotatable bonds is 7. The molecule has 1 atom stereocenters. The molecule has 150 valence electrons. The SMILES string of the molecule is C=CCN1C(=O)c2ccc(C(=O)N[C@H](C)c3cc(OC)ccc3OC)cc2C1=O. The molecule has 0 saturated heterocycles. The van der Waals surface area contributed by atoms with E-state index in [1.54, 1.807) is 32.4 Å². The van der Waals surface area contributed by atoms with Crippen LogP contribution in [0, 0.1) is 0 Å². The molecule has 1 heterocycles. The Kier molecular flexibility index (Phi) is 5.68. The van der Waals surface area contributed by atoms with E-state index in [0.29, 0.717) is 17.1 Å². The van der Waals surface area contributed by atoms with E-state index < -0.39 is 5.91 Å². The third-order valence-corrected chi connectivity index (χ3v) is 4.80. The lowest BCUT2D eigenvalue weighted by Gasteiger charge is -2.18. The molecule has 0 saturated carbocycles. The van der Waals surface area contributed by atoms with Gasteiger partial charge < -0.3 is 14.8 Å². The second-order valence-corrected chi connectivity index (χ2v) is 6.57. The normalized spacial score (nSPS) is 13.7. The summed E-state index contributed by atoms with van der Waals surface area (Å²) in [6, 6.07) is 9.44. The van der Waals surface area contributed by atoms with E-state index in [-0.39, 0.29) is 35.5 Å². The van der Waals surface area contributed by atoms with Crippen LogP contribution in [0.2, 0.25) is 0 Å². The number of nitrogens with zero attached hydrogens (tertiary/aromatic N) is 1. The first-order chi connectivity index (χ1) is 13.9. The van der Waals surface area contributed by atoms with E-state index >= 15 is 0 Å². The molecule has 1 aliphatic rings. The highest BCUT2D eigenvalue weighted by Crippen LogP contribution is 2.30. The largest absolute Gasteiger partial charge is 0.497 e. The van der Waals surface area contributed by atoms with Crippen molar-refractivity contribution in [1.29, 1.82) is 0 Å². The van der Waals surface area contributed by atoms with Crippen molar-refractivity contribution in [3.8, 4) is 11.5 Å². The first-order valence-electron chi connectivity index (χ1n) is 9.05. The molecule has 0 unspecified atom stereocenters. The molecule has 29 heavy (non-hydrogen) atoms. The molecule has 2 aromatic carbocycles. The number of carbonyl (C=O) groups is 3. The van der Waals surface area contributed by atoms with Gasteiger partial charge in [-0.05, 0) is 43.3 Å². The van der Waals surface area contributed by atoms with Gasteiger partial charge in [0.15, 0.2) is 0 Å². The van der Waals surface area contributed by atoms with E-state index in [1.165, 1.54) is 24.3 Å². The zero-order chi connectivity index (χ0) is 21.1. The topological polar surface area (TPSA) is 84.9 Å². The first-order valence-corrected chi connectivity index (χ1v) is 9.05. The van der Waals surface area contributed by atoms with Crippen LogP contribution in [0.15, 0.2) is 49.1 Å². The van der Waals surface area contributed by atoms with Crippen molar-refractivity contribution in [2.75, 3.05) is 20.8 Å². The molecule has 1 aliphatic heterocycles. The van der Waals surface area contributed by atoms with Gasteiger partial charge in [0, 0.05) is 17.7 Å². The maximum absolute atomic E-state index is 12.8. The van der Waals surface area contributed by atoms with Crippen LogP contribution < -0.4 is 14.8 Å². The Balaban J connectivity index is 1.84. The summed E-state index contributed by atoms with van der Waals surface area (Å²) in [5.74, 6) is 0.0836. The predicted molar refractivity (Wildman–Crippen MR) is 107 cm³/mol. The van der Waals surface area contributed by atoms with Crippen molar-refractivity contribution in [1.82, 2.24) is 10.2 Å². The number of methoxy groups -OCH3 is 2. The third-order valence-electron chi connectivity index (χ3n) is 4.80. The van der Waals surface area contributed by atoms with Gasteiger partial charge in [-0.25, -0.2) is 0 Å². The summed E-state index contributed by atoms with van der Waals surface area (Å²) < 4.78 is 10.6. The van der Waals surface area contributed by atoms with Gasteiger partial charge in [0.25, 0.3) is 17.7 Å². The fraction of sp³-hybridized carbons (Fsp3) is 0.227. The van der Waals surface area contributed by atoms with E-state index in [9.17, 15) is 14.4 Å². The Bertz CT molecular complexity index is 999. The second kappa shape index (κ2) is 8.18. The number of fused-ring (bicyclic) bond motifs is 1. The molecule has 0 aromatic heterocycles. The second-order valence-electron chi connectivity index (χ2n) is 6.57. The van der Waals surface area contributed by atoms with Crippen molar-refractivity contribution < 1.29 is 23.9 Å². The number of imide groups is 1. The van der Waals surface area contributed by atoms with E-state index in [1.807, 2.05) is 6.92 Å². The Hall–Kier alpha value is -3.61. The van der Waals surface area contributed by atoms with Crippen molar-refractivity contribution in [2.45, 2.75) is 13.0 Å². The van der Waals surface area contributed by atoms with Gasteiger partial charge in [0.1, 0.15) is 11.5 Å². The molecule has 0 fully saturated rings. The average molecular weight is 394 g/mol. The van der Waals surface area contributed by atoms with Crippen LogP contribution in [-0.4, -0.2) is 43.4 Å². The summed E-state index contributed by atoms with van der Waals surface area (Å²) in [5.41, 5.74) is 1.55. The molecule has 0 bridgehead atoms. The minimum atomic E-state index is -0.429. The lowest BCUT2D eigenvalue weighted by atomic mass is 10.0. The smallest absolute Gasteiger partial charge is 0.261 e. The van der Waals surface area contributed by atoms with Crippen LogP contribution in [0.5, 0.6) is 11.5 Å². The predicted octanol–water partition coefficient (Wildman–Crippen LogP) is 2.98. The maximum atomic E-state index is 12.8. The fourth-order valence-corrected chi connectivity index (χ4v) is 3.26. The molecular formula is C22H22N2O5.